The maximum atomic E-state index is 14.2. The summed E-state index contributed by atoms with van der Waals surface area (Å²) in [5, 5.41) is 9.74. The summed E-state index contributed by atoms with van der Waals surface area (Å²) in [5.41, 5.74) is -0.664. The Morgan fingerprint density at radius 2 is 0.441 bits per heavy atom. The smallest absolute Gasteiger partial charge is 0.460 e. The van der Waals surface area contributed by atoms with Crippen LogP contribution in [0.15, 0.2) is 12.1 Å². The molecular formula is C49H51F39O5. The highest BCUT2D eigenvalue weighted by molar-refractivity contribution is 5.89. The molecule has 0 atom stereocenters. The lowest BCUT2D eigenvalue weighted by molar-refractivity contribution is -0.440. The molecule has 0 unspecified atom stereocenters. The summed E-state index contributed by atoms with van der Waals surface area (Å²) >= 11 is 0. The minimum Gasteiger partial charge on any atom is -0.490 e. The van der Waals surface area contributed by atoms with Gasteiger partial charge in [-0.3, -0.25) is 0 Å². The summed E-state index contributed by atoms with van der Waals surface area (Å²) in [6.07, 6.45) is -37.9. The van der Waals surface area contributed by atoms with Gasteiger partial charge in [0.25, 0.3) is 0 Å². The van der Waals surface area contributed by atoms with E-state index in [4.69, 9.17) is 14.2 Å². The van der Waals surface area contributed by atoms with Crippen molar-refractivity contribution >= 4 is 5.97 Å². The topological polar surface area (TPSA) is 65.0 Å². The first-order valence-electron chi connectivity index (χ1n) is 26.5. The van der Waals surface area contributed by atoms with Crippen LogP contribution in [0.25, 0.3) is 0 Å². The maximum Gasteiger partial charge on any atom is 0.460 e. The van der Waals surface area contributed by atoms with Crippen molar-refractivity contribution in [3.05, 3.63) is 17.7 Å². The second-order valence-electron chi connectivity index (χ2n) is 20.8. The van der Waals surface area contributed by atoms with Crippen LogP contribution in [0.4, 0.5) is 171 Å². The van der Waals surface area contributed by atoms with Crippen LogP contribution < -0.4 is 14.2 Å². The van der Waals surface area contributed by atoms with Gasteiger partial charge in [-0.2, -0.15) is 171 Å². The first-order chi connectivity index (χ1) is 41.3. The normalized spacial score (nSPS) is 15.1. The zero-order valence-corrected chi connectivity index (χ0v) is 46.4. The van der Waals surface area contributed by atoms with Gasteiger partial charge < -0.3 is 19.3 Å². The van der Waals surface area contributed by atoms with Crippen molar-refractivity contribution in [1.82, 2.24) is 0 Å². The SMILES string of the molecule is O=C(O)c1cc(OCCCCCCCCC(F)(F)C(F)(F)C(F)(F)C(F)(F)C(F)(F)C(F)(F)F)c(OCCCCCCCCC(F)(F)C(F)(F)C(F)(F)C(F)(F)C(F)(F)C(F)(F)F)c(OCCCCCCCCC(F)(F)C(F)(F)C(F)(F)C(F)(F)C(F)(F)C(F)(F)F)c1. The van der Waals surface area contributed by atoms with Crippen molar-refractivity contribution in [2.45, 2.75) is 242 Å². The van der Waals surface area contributed by atoms with Crippen LogP contribution in [0, 0.1) is 0 Å². The summed E-state index contributed by atoms with van der Waals surface area (Å²) in [5.74, 6) is -117. The molecule has 1 aromatic carbocycles. The number of hydrogen-bond acceptors (Lipinski definition) is 4. The molecule has 1 N–H and O–H groups in total. The van der Waals surface area contributed by atoms with Gasteiger partial charge in [-0.1, -0.05) is 77.0 Å². The van der Waals surface area contributed by atoms with Gasteiger partial charge in [0.2, 0.25) is 5.75 Å². The van der Waals surface area contributed by atoms with Crippen LogP contribution >= 0.6 is 0 Å². The Bertz CT molecular complexity index is 2390. The molecule has 0 amide bonds. The van der Waals surface area contributed by atoms with Crippen LogP contribution in [0.5, 0.6) is 17.2 Å². The number of hydrogen-bond donors (Lipinski definition) is 1. The number of halogens is 39. The number of aromatic carboxylic acids is 1. The average molecular weight is 1460 g/mol. The van der Waals surface area contributed by atoms with Gasteiger partial charge in [-0.15, -0.1) is 0 Å². The predicted molar refractivity (Wildman–Crippen MR) is 239 cm³/mol. The Hall–Kier alpha value is -4.64. The van der Waals surface area contributed by atoms with Gasteiger partial charge >= 0.3 is 113 Å². The minimum absolute atomic E-state index is 0.0679. The predicted octanol–water partition coefficient (Wildman–Crippen LogP) is 21.9. The maximum absolute atomic E-state index is 14.2. The van der Waals surface area contributed by atoms with E-state index < -0.39 is 214 Å². The van der Waals surface area contributed by atoms with Gasteiger partial charge in [-0.25, -0.2) is 4.79 Å². The fourth-order valence-electron chi connectivity index (χ4n) is 7.94. The number of carboxylic acids is 1. The summed E-state index contributed by atoms with van der Waals surface area (Å²) < 4.78 is 540. The van der Waals surface area contributed by atoms with Crippen molar-refractivity contribution in [3.63, 3.8) is 0 Å². The van der Waals surface area contributed by atoms with E-state index in [9.17, 15) is 181 Å². The van der Waals surface area contributed by atoms with Gasteiger partial charge in [0.1, 0.15) is 0 Å². The Morgan fingerprint density at radius 1 is 0.258 bits per heavy atom. The highest BCUT2D eigenvalue weighted by Gasteiger charge is 2.93. The molecule has 0 heterocycles. The Labute approximate surface area is 498 Å². The number of alkyl halides is 39. The summed E-state index contributed by atoms with van der Waals surface area (Å²) in [6, 6.07) is 1.57. The molecule has 1 aromatic rings. The monoisotopic (exact) mass is 1460 g/mol. The molecule has 0 aromatic heterocycles. The van der Waals surface area contributed by atoms with E-state index in [0.717, 1.165) is 12.1 Å². The van der Waals surface area contributed by atoms with Crippen LogP contribution in [0.1, 0.15) is 145 Å². The van der Waals surface area contributed by atoms with Gasteiger partial charge in [0.05, 0.1) is 25.4 Å². The van der Waals surface area contributed by atoms with E-state index in [2.05, 4.69) is 0 Å². The van der Waals surface area contributed by atoms with Gasteiger partial charge in [0, 0.05) is 19.3 Å². The molecule has 0 bridgehead atoms. The molecule has 0 fully saturated rings. The molecule has 5 nitrogen and oxygen atoms in total. The molecule has 93 heavy (non-hydrogen) atoms. The molecule has 0 radical (unpaired) electrons. The van der Waals surface area contributed by atoms with E-state index >= 15 is 0 Å². The van der Waals surface area contributed by atoms with E-state index in [-0.39, 0.29) is 77.0 Å². The molecule has 0 aliphatic carbocycles. The van der Waals surface area contributed by atoms with Crippen molar-refractivity contribution in [2.24, 2.45) is 0 Å². The fourth-order valence-corrected chi connectivity index (χ4v) is 7.94. The highest BCUT2D eigenvalue weighted by atomic mass is 19.5. The van der Waals surface area contributed by atoms with Gasteiger partial charge in [0.15, 0.2) is 11.5 Å². The minimum atomic E-state index is -8.11. The lowest BCUT2D eigenvalue weighted by Crippen LogP contribution is -2.70. The molecule has 0 spiro atoms. The molecule has 0 aliphatic rings. The van der Waals surface area contributed by atoms with Crippen LogP contribution in [-0.4, -0.2) is 138 Å². The van der Waals surface area contributed by atoms with Crippen LogP contribution in [0.2, 0.25) is 0 Å². The number of ether oxygens (including phenoxy) is 3. The van der Waals surface area contributed by atoms with Crippen LogP contribution in [-0.2, 0) is 0 Å². The molecular weight excluding hydrogens is 1410 g/mol. The number of carbonyl (C=O) groups is 1. The standard InChI is InChI=1S/C49H51F39O5/c50-32(51,35(56,57)38(62,63)41(68,69)44(74,75)47(80,81)82)19-13-7-1-4-10-16-22-91-28-25-27(31(89)90)26-29(92-23-17-11-5-2-8-14-20-33(52,53)36(58,59)39(64,65)42(70,71)45(76,77)48(83,84)85)30(28)93-24-18-12-6-3-9-15-21-34(54,55)37(60,61)40(66,67)43(72,73)46(78,79)49(86,87)88/h25-26H,1-24H2,(H,89,90). The molecule has 0 saturated heterocycles. The first kappa shape index (κ1) is 86.4. The van der Waals surface area contributed by atoms with E-state index in [1.807, 2.05) is 0 Å². The van der Waals surface area contributed by atoms with Crippen molar-refractivity contribution in [1.29, 1.82) is 0 Å². The largest absolute Gasteiger partial charge is 0.490 e. The lowest BCUT2D eigenvalue weighted by atomic mass is 9.91. The van der Waals surface area contributed by atoms with Crippen molar-refractivity contribution in [3.8, 4) is 17.2 Å². The third kappa shape index (κ3) is 17.8. The Balaban J connectivity index is 3.16. The van der Waals surface area contributed by atoms with E-state index in [1.165, 1.54) is 0 Å². The molecule has 0 aliphatic heterocycles. The average Bonchev–Trinajstić information content (AvgIpc) is 0.728. The zero-order valence-electron chi connectivity index (χ0n) is 46.4. The number of benzene rings is 1. The Kier molecular flexibility index (Phi) is 27.9. The lowest BCUT2D eigenvalue weighted by Gasteiger charge is -2.39. The third-order valence-corrected chi connectivity index (χ3v) is 13.7. The van der Waals surface area contributed by atoms with Crippen LogP contribution in [0.3, 0.4) is 0 Å². The highest BCUT2D eigenvalue weighted by Crippen LogP contribution is 2.64. The van der Waals surface area contributed by atoms with E-state index in [1.54, 1.807) is 0 Å². The fraction of sp³-hybridized carbons (Fsp3) is 0.857. The quantitative estimate of drug-likeness (QED) is 0.0521. The third-order valence-electron chi connectivity index (χ3n) is 13.7. The number of carboxylic acid groups (broad SMARTS) is 1. The van der Waals surface area contributed by atoms with Gasteiger partial charge in [-0.05, 0) is 50.7 Å². The molecule has 550 valence electrons. The van der Waals surface area contributed by atoms with E-state index in [0.29, 0.717) is 0 Å². The van der Waals surface area contributed by atoms with Crippen molar-refractivity contribution < 1.29 is 195 Å². The summed E-state index contributed by atoms with van der Waals surface area (Å²) in [4.78, 5) is 12.0. The Morgan fingerprint density at radius 3 is 0.645 bits per heavy atom. The molecule has 0 saturated carbocycles. The second-order valence-corrected chi connectivity index (χ2v) is 20.8. The first-order valence-corrected chi connectivity index (χ1v) is 26.5. The molecule has 1 rings (SSSR count). The number of unbranched alkanes of at least 4 members (excludes halogenated alkanes) is 15. The molecule has 44 heteroatoms. The summed E-state index contributed by atoms with van der Waals surface area (Å²) in [7, 11) is 0. The second kappa shape index (κ2) is 30.0. The van der Waals surface area contributed by atoms with Crippen molar-refractivity contribution in [2.75, 3.05) is 19.8 Å². The summed E-state index contributed by atoms with van der Waals surface area (Å²) in [6.45, 7) is -1.48. The number of rotatable bonds is 43. The zero-order chi connectivity index (χ0) is 73.4.